The molecule has 1 atom stereocenters. The number of aromatic nitrogens is 2. The average Bonchev–Trinajstić information content (AvgIpc) is 3.36. The SMILES string of the molecule is Cc1noc(C)c1-c1ccc([C@@]2(Cn3cc4ccc(O)cc4c3O)NC(=O)NC2=O)cc1. The van der Waals surface area contributed by atoms with Crippen LogP contribution < -0.4 is 10.6 Å². The van der Waals surface area contributed by atoms with Crippen molar-refractivity contribution in [1.82, 2.24) is 20.4 Å². The molecule has 0 radical (unpaired) electrons. The highest BCUT2D eigenvalue weighted by molar-refractivity contribution is 6.07. The van der Waals surface area contributed by atoms with Crippen molar-refractivity contribution in [3.05, 3.63) is 65.7 Å². The van der Waals surface area contributed by atoms with Crippen molar-refractivity contribution in [1.29, 1.82) is 0 Å². The van der Waals surface area contributed by atoms with Gasteiger partial charge in [0.25, 0.3) is 5.91 Å². The van der Waals surface area contributed by atoms with E-state index < -0.39 is 17.5 Å². The van der Waals surface area contributed by atoms with Crippen molar-refractivity contribution >= 4 is 22.7 Å². The molecule has 5 rings (SSSR count). The zero-order valence-electron chi connectivity index (χ0n) is 17.3. The summed E-state index contributed by atoms with van der Waals surface area (Å²) in [4.78, 5) is 25.1. The summed E-state index contributed by atoms with van der Waals surface area (Å²) in [6.45, 7) is 3.63. The minimum absolute atomic E-state index is 0.0158. The zero-order chi connectivity index (χ0) is 22.6. The maximum Gasteiger partial charge on any atom is 0.322 e. The van der Waals surface area contributed by atoms with E-state index >= 15 is 0 Å². The fraction of sp³-hybridized carbons (Fsp3) is 0.174. The topological polar surface area (TPSA) is 130 Å². The van der Waals surface area contributed by atoms with Crippen LogP contribution in [0.2, 0.25) is 0 Å². The van der Waals surface area contributed by atoms with Gasteiger partial charge in [-0.05, 0) is 43.2 Å². The number of rotatable bonds is 4. The molecule has 0 unspecified atom stereocenters. The third kappa shape index (κ3) is 2.89. The number of carbonyl (C=O) groups excluding carboxylic acids is 2. The Kier molecular flexibility index (Phi) is 4.23. The van der Waals surface area contributed by atoms with Gasteiger partial charge in [-0.15, -0.1) is 0 Å². The highest BCUT2D eigenvalue weighted by Gasteiger charge is 2.48. The van der Waals surface area contributed by atoms with Crippen molar-refractivity contribution in [2.45, 2.75) is 25.9 Å². The average molecular weight is 432 g/mol. The van der Waals surface area contributed by atoms with Gasteiger partial charge in [-0.3, -0.25) is 10.1 Å². The van der Waals surface area contributed by atoms with Crippen molar-refractivity contribution in [3.63, 3.8) is 0 Å². The van der Waals surface area contributed by atoms with Gasteiger partial charge >= 0.3 is 6.03 Å². The first-order valence-electron chi connectivity index (χ1n) is 9.97. The van der Waals surface area contributed by atoms with Crippen molar-refractivity contribution in [2.75, 3.05) is 0 Å². The third-order valence-corrected chi connectivity index (χ3v) is 5.89. The summed E-state index contributed by atoms with van der Waals surface area (Å²) in [5.74, 6) is 0.0651. The van der Waals surface area contributed by atoms with Gasteiger partial charge in [0, 0.05) is 22.5 Å². The maximum absolute atomic E-state index is 13.0. The summed E-state index contributed by atoms with van der Waals surface area (Å²) in [5, 5.41) is 30.6. The fourth-order valence-corrected chi connectivity index (χ4v) is 4.32. The van der Waals surface area contributed by atoms with E-state index in [0.29, 0.717) is 22.1 Å². The van der Waals surface area contributed by atoms with Crippen molar-refractivity contribution in [2.24, 2.45) is 0 Å². The minimum atomic E-state index is -1.43. The smallest absolute Gasteiger partial charge is 0.322 e. The number of phenols is 1. The molecule has 2 aromatic heterocycles. The van der Waals surface area contributed by atoms with Crippen LogP contribution in [0.15, 0.2) is 53.2 Å². The third-order valence-electron chi connectivity index (χ3n) is 5.89. The maximum atomic E-state index is 13.0. The predicted molar refractivity (Wildman–Crippen MR) is 115 cm³/mol. The number of urea groups is 1. The number of aryl methyl sites for hydroxylation is 2. The van der Waals surface area contributed by atoms with Crippen LogP contribution in [0.25, 0.3) is 21.9 Å². The van der Waals surface area contributed by atoms with Crippen LogP contribution >= 0.6 is 0 Å². The zero-order valence-corrected chi connectivity index (χ0v) is 17.3. The van der Waals surface area contributed by atoms with Crippen LogP contribution in [-0.4, -0.2) is 31.9 Å². The molecule has 1 fully saturated rings. The van der Waals surface area contributed by atoms with E-state index in [9.17, 15) is 19.8 Å². The number of hydrogen-bond acceptors (Lipinski definition) is 6. The molecular weight excluding hydrogens is 412 g/mol. The number of carbonyl (C=O) groups is 2. The quantitative estimate of drug-likeness (QED) is 0.367. The van der Waals surface area contributed by atoms with Gasteiger partial charge in [-0.25, -0.2) is 4.79 Å². The Balaban J connectivity index is 1.59. The number of fused-ring (bicyclic) bond motifs is 1. The number of nitrogens with zero attached hydrogens (tertiary/aromatic N) is 2. The lowest BCUT2D eigenvalue weighted by Gasteiger charge is -2.27. The predicted octanol–water partition coefficient (Wildman–Crippen LogP) is 3.06. The molecule has 162 valence electrons. The van der Waals surface area contributed by atoms with E-state index in [2.05, 4.69) is 15.8 Å². The second-order valence-corrected chi connectivity index (χ2v) is 7.94. The number of aromatic hydroxyl groups is 2. The molecule has 4 aromatic rings. The van der Waals surface area contributed by atoms with Gasteiger partial charge < -0.3 is 24.6 Å². The van der Waals surface area contributed by atoms with Crippen LogP contribution in [0, 0.1) is 13.8 Å². The summed E-state index contributed by atoms with van der Waals surface area (Å²) in [7, 11) is 0. The first kappa shape index (κ1) is 19.7. The Morgan fingerprint density at radius 2 is 1.84 bits per heavy atom. The molecule has 1 aliphatic rings. The molecule has 3 heterocycles. The largest absolute Gasteiger partial charge is 0.508 e. The molecular formula is C23H20N4O5. The van der Waals surface area contributed by atoms with Gasteiger partial charge in [0.1, 0.15) is 11.5 Å². The van der Waals surface area contributed by atoms with E-state index in [1.165, 1.54) is 16.7 Å². The highest BCUT2D eigenvalue weighted by Crippen LogP contribution is 2.36. The second kappa shape index (κ2) is 6.88. The Bertz CT molecular complexity index is 1370. The summed E-state index contributed by atoms with van der Waals surface area (Å²) in [6, 6.07) is 11.2. The van der Waals surface area contributed by atoms with Gasteiger partial charge in [-0.2, -0.15) is 0 Å². The lowest BCUT2D eigenvalue weighted by molar-refractivity contribution is -0.124. The number of imide groups is 1. The molecule has 1 saturated heterocycles. The van der Waals surface area contributed by atoms with Gasteiger partial charge in [0.2, 0.25) is 0 Å². The summed E-state index contributed by atoms with van der Waals surface area (Å²) >= 11 is 0. The molecule has 1 aliphatic heterocycles. The molecule has 0 aliphatic carbocycles. The van der Waals surface area contributed by atoms with Crippen LogP contribution in [0.1, 0.15) is 17.0 Å². The molecule has 9 nitrogen and oxygen atoms in total. The van der Waals surface area contributed by atoms with Gasteiger partial charge in [0.05, 0.1) is 12.2 Å². The molecule has 3 amide bonds. The van der Waals surface area contributed by atoms with Gasteiger partial charge in [-0.1, -0.05) is 29.4 Å². The Hall–Kier alpha value is -4.27. The first-order chi connectivity index (χ1) is 15.3. The standard InChI is InChI=1S/C23H20N4O5/c1-12-19(13(2)32-26-12)14-3-6-16(7-4-14)23(21(30)24-22(31)25-23)11-27-10-15-5-8-17(28)9-18(15)20(27)29/h3-10,28-29H,11H2,1-2H3,(H2,24,25,30,31)/t23-/m1/s1. The summed E-state index contributed by atoms with van der Waals surface area (Å²) < 4.78 is 6.72. The van der Waals surface area contributed by atoms with Gasteiger partial charge in [0.15, 0.2) is 11.4 Å². The second-order valence-electron chi connectivity index (χ2n) is 7.94. The summed E-state index contributed by atoms with van der Waals surface area (Å²) in [6.07, 6.45) is 1.67. The molecule has 0 saturated carbocycles. The molecule has 0 spiro atoms. The number of amides is 3. The number of hydrogen-bond donors (Lipinski definition) is 4. The van der Waals surface area contributed by atoms with Crippen molar-refractivity contribution in [3.8, 4) is 22.8 Å². The first-order valence-corrected chi connectivity index (χ1v) is 9.97. The summed E-state index contributed by atoms with van der Waals surface area (Å²) in [5.41, 5.74) is 1.62. The number of benzene rings is 2. The van der Waals surface area contributed by atoms with E-state index in [-0.39, 0.29) is 18.2 Å². The van der Waals surface area contributed by atoms with E-state index in [1.807, 2.05) is 26.0 Å². The van der Waals surface area contributed by atoms with Crippen LogP contribution in [0.5, 0.6) is 11.6 Å². The van der Waals surface area contributed by atoms with E-state index in [1.54, 1.807) is 24.4 Å². The Morgan fingerprint density at radius 3 is 2.47 bits per heavy atom. The fourth-order valence-electron chi connectivity index (χ4n) is 4.32. The van der Waals surface area contributed by atoms with Crippen LogP contribution in [0.4, 0.5) is 4.79 Å². The van der Waals surface area contributed by atoms with Crippen molar-refractivity contribution < 1.29 is 24.3 Å². The van der Waals surface area contributed by atoms with Crippen LogP contribution in [0.3, 0.4) is 0 Å². The molecule has 0 bridgehead atoms. The molecule has 2 aromatic carbocycles. The molecule has 4 N–H and O–H groups in total. The monoisotopic (exact) mass is 432 g/mol. The minimum Gasteiger partial charge on any atom is -0.508 e. The number of phenolic OH excluding ortho intramolecular Hbond substituents is 1. The number of nitrogens with one attached hydrogen (secondary N) is 2. The van der Waals surface area contributed by atoms with E-state index in [4.69, 9.17) is 4.52 Å². The molecule has 9 heteroatoms. The Labute approximate surface area is 182 Å². The van der Waals surface area contributed by atoms with E-state index in [0.717, 1.165) is 16.8 Å². The van der Waals surface area contributed by atoms with Crippen LogP contribution in [-0.2, 0) is 16.9 Å². The highest BCUT2D eigenvalue weighted by atomic mass is 16.5. The molecule has 32 heavy (non-hydrogen) atoms. The normalized spacial score (nSPS) is 18.2. The Morgan fingerprint density at radius 1 is 1.09 bits per heavy atom. The lowest BCUT2D eigenvalue weighted by atomic mass is 9.88. The lowest BCUT2D eigenvalue weighted by Crippen LogP contribution is -2.47.